The maximum absolute atomic E-state index is 13.4. The summed E-state index contributed by atoms with van der Waals surface area (Å²) in [6.45, 7) is 0. The van der Waals surface area contributed by atoms with E-state index in [2.05, 4.69) is 5.10 Å². The smallest absolute Gasteiger partial charge is 0.335 e. The lowest BCUT2D eigenvalue weighted by atomic mass is 10.0. The van der Waals surface area contributed by atoms with Crippen LogP contribution in [0.2, 0.25) is 5.02 Å². The summed E-state index contributed by atoms with van der Waals surface area (Å²) in [5.41, 5.74) is 7.65. The molecule has 3 aromatic carbocycles. The van der Waals surface area contributed by atoms with Gasteiger partial charge in [0.05, 0.1) is 21.8 Å². The highest BCUT2D eigenvalue weighted by Crippen LogP contribution is 2.35. The van der Waals surface area contributed by atoms with Gasteiger partial charge in [-0.05, 0) is 60.7 Å². The first-order valence-corrected chi connectivity index (χ1v) is 8.84. The molecule has 6 nitrogen and oxygen atoms in total. The van der Waals surface area contributed by atoms with E-state index in [1.54, 1.807) is 12.1 Å². The van der Waals surface area contributed by atoms with E-state index in [-0.39, 0.29) is 11.1 Å². The van der Waals surface area contributed by atoms with Gasteiger partial charge in [-0.3, -0.25) is 4.79 Å². The average Bonchev–Trinajstić information content (AvgIpc) is 3.07. The molecule has 0 saturated heterocycles. The number of aromatic carboxylic acids is 1. The van der Waals surface area contributed by atoms with Gasteiger partial charge in [-0.25, -0.2) is 13.9 Å². The molecule has 3 N–H and O–H groups in total. The topological polar surface area (TPSA) is 98.2 Å². The molecule has 0 fully saturated rings. The molecule has 0 spiro atoms. The molecular formula is C21H13ClFN3O3. The number of rotatable bonds is 4. The van der Waals surface area contributed by atoms with Crippen LogP contribution in [0.25, 0.3) is 27.8 Å². The number of carboxylic acid groups (broad SMARTS) is 1. The van der Waals surface area contributed by atoms with Crippen molar-refractivity contribution >= 4 is 34.4 Å². The standard InChI is InChI=1S/C21H13ClFN3O3/c22-17-8-2-11(20(24)27)9-16(17)19-15-7-1-12(21(28)29)10-18(15)26(25-19)14-5-3-13(23)4-6-14/h1-10H,(H2,24,27)(H,28,29). The van der Waals surface area contributed by atoms with E-state index in [9.17, 15) is 19.1 Å². The number of halogens is 2. The molecule has 0 unspecified atom stereocenters. The minimum atomic E-state index is -1.09. The van der Waals surface area contributed by atoms with Gasteiger partial charge in [0.15, 0.2) is 0 Å². The number of carboxylic acids is 1. The van der Waals surface area contributed by atoms with Crippen LogP contribution >= 0.6 is 11.6 Å². The molecule has 1 amide bonds. The van der Waals surface area contributed by atoms with Crippen molar-refractivity contribution in [3.8, 4) is 16.9 Å². The fraction of sp³-hybridized carbons (Fsp3) is 0. The minimum absolute atomic E-state index is 0.0734. The van der Waals surface area contributed by atoms with Gasteiger partial charge in [0.2, 0.25) is 5.91 Å². The quantitative estimate of drug-likeness (QED) is 0.525. The van der Waals surface area contributed by atoms with Crippen LogP contribution in [0.5, 0.6) is 0 Å². The minimum Gasteiger partial charge on any atom is -0.478 e. The number of benzene rings is 3. The van der Waals surface area contributed by atoms with Gasteiger partial charge in [-0.1, -0.05) is 11.6 Å². The van der Waals surface area contributed by atoms with Crippen LogP contribution in [0.1, 0.15) is 20.7 Å². The Bertz CT molecular complexity index is 1280. The van der Waals surface area contributed by atoms with Crippen molar-refractivity contribution < 1.29 is 19.1 Å². The summed E-state index contributed by atoms with van der Waals surface area (Å²) in [5, 5.41) is 14.9. The summed E-state index contributed by atoms with van der Waals surface area (Å²) in [6, 6.07) is 14.8. The maximum atomic E-state index is 13.4. The third kappa shape index (κ3) is 3.32. The summed E-state index contributed by atoms with van der Waals surface area (Å²) in [4.78, 5) is 23.0. The highest BCUT2D eigenvalue weighted by Gasteiger charge is 2.19. The Morgan fingerprint density at radius 3 is 2.34 bits per heavy atom. The molecule has 0 radical (unpaired) electrons. The average molecular weight is 410 g/mol. The van der Waals surface area contributed by atoms with E-state index in [0.29, 0.717) is 32.9 Å². The second kappa shape index (κ2) is 7.03. The zero-order chi connectivity index (χ0) is 20.7. The van der Waals surface area contributed by atoms with Crippen LogP contribution in [0, 0.1) is 5.82 Å². The number of amides is 1. The van der Waals surface area contributed by atoms with Crippen molar-refractivity contribution in [2.75, 3.05) is 0 Å². The normalized spacial score (nSPS) is 11.0. The van der Waals surface area contributed by atoms with Gasteiger partial charge in [0.25, 0.3) is 0 Å². The molecule has 29 heavy (non-hydrogen) atoms. The monoisotopic (exact) mass is 409 g/mol. The first kappa shape index (κ1) is 18.6. The molecule has 0 saturated carbocycles. The van der Waals surface area contributed by atoms with E-state index >= 15 is 0 Å². The largest absolute Gasteiger partial charge is 0.478 e. The van der Waals surface area contributed by atoms with E-state index in [1.165, 1.54) is 53.2 Å². The molecule has 4 rings (SSSR count). The summed E-state index contributed by atoms with van der Waals surface area (Å²) in [6.07, 6.45) is 0. The SMILES string of the molecule is NC(=O)c1ccc(Cl)c(-c2nn(-c3ccc(F)cc3)c3cc(C(=O)O)ccc23)c1. The second-order valence-electron chi connectivity index (χ2n) is 6.33. The zero-order valence-corrected chi connectivity index (χ0v) is 15.5. The summed E-state index contributed by atoms with van der Waals surface area (Å²) in [7, 11) is 0. The van der Waals surface area contributed by atoms with Crippen molar-refractivity contribution in [2.24, 2.45) is 5.73 Å². The Balaban J connectivity index is 2.03. The summed E-state index contributed by atoms with van der Waals surface area (Å²) < 4.78 is 14.9. The van der Waals surface area contributed by atoms with E-state index in [0.717, 1.165) is 0 Å². The zero-order valence-electron chi connectivity index (χ0n) is 14.8. The van der Waals surface area contributed by atoms with Gasteiger partial charge in [0.1, 0.15) is 11.5 Å². The highest BCUT2D eigenvalue weighted by molar-refractivity contribution is 6.33. The van der Waals surface area contributed by atoms with Crippen LogP contribution in [0.4, 0.5) is 4.39 Å². The second-order valence-corrected chi connectivity index (χ2v) is 6.74. The first-order chi connectivity index (χ1) is 13.8. The van der Waals surface area contributed by atoms with Crippen molar-refractivity contribution in [1.82, 2.24) is 9.78 Å². The highest BCUT2D eigenvalue weighted by atomic mass is 35.5. The number of nitrogens with zero attached hydrogens (tertiary/aromatic N) is 2. The van der Waals surface area contributed by atoms with E-state index in [1.807, 2.05) is 0 Å². The van der Waals surface area contributed by atoms with Crippen LogP contribution in [-0.2, 0) is 0 Å². The third-order valence-electron chi connectivity index (χ3n) is 4.51. The summed E-state index contributed by atoms with van der Waals surface area (Å²) >= 11 is 6.35. The number of hydrogen-bond acceptors (Lipinski definition) is 3. The summed E-state index contributed by atoms with van der Waals surface area (Å²) in [5.74, 6) is -2.11. The van der Waals surface area contributed by atoms with Gasteiger partial charge >= 0.3 is 5.97 Å². The van der Waals surface area contributed by atoms with Gasteiger partial charge in [-0.2, -0.15) is 5.10 Å². The predicted octanol–water partition coefficient (Wildman–Crippen LogP) is 4.28. The van der Waals surface area contributed by atoms with Crippen LogP contribution in [-0.4, -0.2) is 26.8 Å². The molecule has 0 aliphatic heterocycles. The van der Waals surface area contributed by atoms with Gasteiger partial charge < -0.3 is 10.8 Å². The Hall–Kier alpha value is -3.71. The molecule has 1 heterocycles. The molecule has 1 aromatic heterocycles. The Morgan fingerprint density at radius 2 is 1.69 bits per heavy atom. The first-order valence-electron chi connectivity index (χ1n) is 8.47. The molecule has 0 bridgehead atoms. The van der Waals surface area contributed by atoms with Gasteiger partial charge in [-0.15, -0.1) is 0 Å². The molecule has 0 aliphatic carbocycles. The number of aromatic nitrogens is 2. The maximum Gasteiger partial charge on any atom is 0.335 e. The van der Waals surface area contributed by atoms with Crippen molar-refractivity contribution in [3.63, 3.8) is 0 Å². The van der Waals surface area contributed by atoms with Crippen molar-refractivity contribution in [1.29, 1.82) is 0 Å². The lowest BCUT2D eigenvalue weighted by molar-refractivity contribution is 0.0696. The van der Waals surface area contributed by atoms with E-state index < -0.39 is 17.7 Å². The van der Waals surface area contributed by atoms with Crippen LogP contribution in [0.15, 0.2) is 60.7 Å². The number of carbonyl (C=O) groups is 2. The Kier molecular flexibility index (Phi) is 4.52. The number of primary amides is 1. The van der Waals surface area contributed by atoms with Crippen LogP contribution < -0.4 is 5.73 Å². The molecule has 0 aliphatic rings. The predicted molar refractivity (Wildman–Crippen MR) is 107 cm³/mol. The Morgan fingerprint density at radius 1 is 1.00 bits per heavy atom. The van der Waals surface area contributed by atoms with Crippen LogP contribution in [0.3, 0.4) is 0 Å². The third-order valence-corrected chi connectivity index (χ3v) is 4.83. The lowest BCUT2D eigenvalue weighted by Gasteiger charge is -2.04. The fourth-order valence-electron chi connectivity index (χ4n) is 3.09. The lowest BCUT2D eigenvalue weighted by Crippen LogP contribution is -2.10. The molecule has 0 atom stereocenters. The molecule has 144 valence electrons. The molecular weight excluding hydrogens is 397 g/mol. The number of nitrogens with two attached hydrogens (primary N) is 1. The molecule has 8 heteroatoms. The van der Waals surface area contributed by atoms with Crippen molar-refractivity contribution in [3.05, 3.63) is 82.6 Å². The fourth-order valence-corrected chi connectivity index (χ4v) is 3.29. The number of carbonyl (C=O) groups excluding carboxylic acids is 1. The Labute approximate surface area is 168 Å². The van der Waals surface area contributed by atoms with E-state index in [4.69, 9.17) is 17.3 Å². The molecule has 4 aromatic rings. The van der Waals surface area contributed by atoms with Crippen molar-refractivity contribution in [2.45, 2.75) is 0 Å². The number of hydrogen-bond donors (Lipinski definition) is 2. The van der Waals surface area contributed by atoms with Gasteiger partial charge in [0, 0.05) is 16.5 Å². The number of fused-ring (bicyclic) bond motifs is 1.